The van der Waals surface area contributed by atoms with Crippen LogP contribution in [0.4, 0.5) is 4.79 Å². The number of nitrogens with one attached hydrogen (secondary N) is 2. The summed E-state index contributed by atoms with van der Waals surface area (Å²) in [7, 11) is 1.28. The average molecular weight is 285 g/mol. The zero-order chi connectivity index (χ0) is 14.7. The Labute approximate surface area is 116 Å². The van der Waals surface area contributed by atoms with Crippen molar-refractivity contribution in [1.29, 1.82) is 0 Å². The number of urea groups is 1. The molecule has 2 aliphatic heterocycles. The SMILES string of the molecule is COC(CNC(=O)N1CCCC2C(=O)NCC21)C(=O)O. The third-order valence-corrected chi connectivity index (χ3v) is 3.86. The van der Waals surface area contributed by atoms with Gasteiger partial charge in [-0.3, -0.25) is 4.79 Å². The van der Waals surface area contributed by atoms with E-state index < -0.39 is 12.1 Å². The minimum atomic E-state index is -1.12. The van der Waals surface area contributed by atoms with Gasteiger partial charge in [-0.15, -0.1) is 0 Å². The molecular formula is C12H19N3O5. The van der Waals surface area contributed by atoms with Gasteiger partial charge in [-0.05, 0) is 12.8 Å². The molecule has 2 heterocycles. The average Bonchev–Trinajstić information content (AvgIpc) is 2.80. The predicted molar refractivity (Wildman–Crippen MR) is 68.1 cm³/mol. The molecule has 2 fully saturated rings. The molecule has 3 N–H and O–H groups in total. The van der Waals surface area contributed by atoms with Gasteiger partial charge >= 0.3 is 12.0 Å². The van der Waals surface area contributed by atoms with Crippen LogP contribution in [0.25, 0.3) is 0 Å². The summed E-state index contributed by atoms with van der Waals surface area (Å²) in [5, 5.41) is 14.2. The first-order valence-electron chi connectivity index (χ1n) is 6.62. The number of piperidine rings is 1. The largest absolute Gasteiger partial charge is 0.479 e. The summed E-state index contributed by atoms with van der Waals surface area (Å²) in [5.41, 5.74) is 0. The zero-order valence-electron chi connectivity index (χ0n) is 11.3. The van der Waals surface area contributed by atoms with Crippen LogP contribution in [-0.4, -0.2) is 66.8 Å². The highest BCUT2D eigenvalue weighted by molar-refractivity contribution is 5.84. The first kappa shape index (κ1) is 14.6. The molecule has 0 radical (unpaired) electrons. The molecule has 0 bridgehead atoms. The van der Waals surface area contributed by atoms with Crippen LogP contribution in [-0.2, 0) is 14.3 Å². The highest BCUT2D eigenvalue weighted by atomic mass is 16.5. The van der Waals surface area contributed by atoms with E-state index in [2.05, 4.69) is 10.6 Å². The van der Waals surface area contributed by atoms with Gasteiger partial charge in [0.05, 0.1) is 18.5 Å². The van der Waals surface area contributed by atoms with Crippen molar-refractivity contribution in [1.82, 2.24) is 15.5 Å². The number of carbonyl (C=O) groups is 3. The Kier molecular flexibility index (Phi) is 4.43. The first-order chi connectivity index (χ1) is 9.54. The molecule has 0 aliphatic carbocycles. The minimum Gasteiger partial charge on any atom is -0.479 e. The normalized spacial score (nSPS) is 26.6. The first-order valence-corrected chi connectivity index (χ1v) is 6.62. The summed E-state index contributed by atoms with van der Waals surface area (Å²) < 4.78 is 4.75. The number of carboxylic acid groups (broad SMARTS) is 1. The molecule has 3 amide bonds. The topological polar surface area (TPSA) is 108 Å². The third kappa shape index (κ3) is 2.84. The van der Waals surface area contributed by atoms with Crippen LogP contribution < -0.4 is 10.6 Å². The van der Waals surface area contributed by atoms with Crippen molar-refractivity contribution in [3.05, 3.63) is 0 Å². The lowest BCUT2D eigenvalue weighted by Gasteiger charge is -2.35. The molecular weight excluding hydrogens is 266 g/mol. The summed E-state index contributed by atoms with van der Waals surface area (Å²) in [5.74, 6) is -1.28. The fraction of sp³-hybridized carbons (Fsp3) is 0.750. The third-order valence-electron chi connectivity index (χ3n) is 3.86. The van der Waals surface area contributed by atoms with Crippen molar-refractivity contribution in [3.63, 3.8) is 0 Å². The molecule has 0 aromatic carbocycles. The van der Waals surface area contributed by atoms with Crippen LogP contribution in [0.5, 0.6) is 0 Å². The number of fused-ring (bicyclic) bond motifs is 1. The Balaban J connectivity index is 1.92. The molecule has 2 rings (SSSR count). The number of amides is 3. The van der Waals surface area contributed by atoms with E-state index in [-0.39, 0.29) is 30.4 Å². The van der Waals surface area contributed by atoms with Gasteiger partial charge in [0, 0.05) is 20.2 Å². The lowest BCUT2D eigenvalue weighted by atomic mass is 9.92. The zero-order valence-corrected chi connectivity index (χ0v) is 11.3. The number of hydrogen-bond acceptors (Lipinski definition) is 4. The summed E-state index contributed by atoms with van der Waals surface area (Å²) in [6, 6.07) is -0.485. The number of hydrogen-bond donors (Lipinski definition) is 3. The molecule has 3 atom stereocenters. The minimum absolute atomic E-state index is 0.00666. The number of aliphatic carboxylic acids is 1. The lowest BCUT2D eigenvalue weighted by molar-refractivity contribution is -0.148. The molecule has 0 spiro atoms. The number of carboxylic acids is 1. The lowest BCUT2D eigenvalue weighted by Crippen LogP contribution is -2.53. The van der Waals surface area contributed by atoms with Crippen molar-refractivity contribution in [3.8, 4) is 0 Å². The summed E-state index contributed by atoms with van der Waals surface area (Å²) in [4.78, 5) is 36.1. The van der Waals surface area contributed by atoms with Gasteiger partial charge in [0.15, 0.2) is 6.10 Å². The van der Waals surface area contributed by atoms with E-state index in [0.717, 1.165) is 12.8 Å². The fourth-order valence-electron chi connectivity index (χ4n) is 2.76. The van der Waals surface area contributed by atoms with Crippen LogP contribution >= 0.6 is 0 Å². The number of likely N-dealkylation sites (tertiary alicyclic amines) is 1. The molecule has 0 aromatic rings. The van der Waals surface area contributed by atoms with Gasteiger partial charge < -0.3 is 25.4 Å². The van der Waals surface area contributed by atoms with Crippen molar-refractivity contribution >= 4 is 17.9 Å². The number of methoxy groups -OCH3 is 1. The van der Waals surface area contributed by atoms with E-state index in [0.29, 0.717) is 13.1 Å². The maximum Gasteiger partial charge on any atom is 0.334 e. The molecule has 112 valence electrons. The van der Waals surface area contributed by atoms with Crippen molar-refractivity contribution in [2.24, 2.45) is 5.92 Å². The second-order valence-electron chi connectivity index (χ2n) is 5.00. The monoisotopic (exact) mass is 285 g/mol. The quantitative estimate of drug-likeness (QED) is 0.614. The highest BCUT2D eigenvalue weighted by Crippen LogP contribution is 2.27. The summed E-state index contributed by atoms with van der Waals surface area (Å²) in [6.07, 6.45) is 0.493. The maximum atomic E-state index is 12.1. The Morgan fingerprint density at radius 1 is 1.60 bits per heavy atom. The smallest absolute Gasteiger partial charge is 0.334 e. The number of rotatable bonds is 4. The highest BCUT2D eigenvalue weighted by Gasteiger charge is 2.42. The molecule has 8 nitrogen and oxygen atoms in total. The Hall–Kier alpha value is -1.83. The molecule has 0 saturated carbocycles. The second kappa shape index (κ2) is 6.08. The summed E-state index contributed by atoms with van der Waals surface area (Å²) in [6.45, 7) is 0.941. The van der Waals surface area contributed by atoms with Crippen molar-refractivity contribution in [2.75, 3.05) is 26.7 Å². The van der Waals surface area contributed by atoms with Crippen LogP contribution in [0, 0.1) is 5.92 Å². The van der Waals surface area contributed by atoms with Crippen molar-refractivity contribution in [2.45, 2.75) is 25.0 Å². The molecule has 2 saturated heterocycles. The van der Waals surface area contributed by atoms with Crippen molar-refractivity contribution < 1.29 is 24.2 Å². The van der Waals surface area contributed by atoms with Gasteiger partial charge in [0.2, 0.25) is 5.91 Å². The standard InChI is InChI=1S/C12H19N3O5/c1-20-9(11(17)18)6-14-12(19)15-4-2-3-7-8(15)5-13-10(7)16/h7-9H,2-6H2,1H3,(H,13,16)(H,14,19)(H,17,18). The molecule has 20 heavy (non-hydrogen) atoms. The van der Waals surface area contributed by atoms with Gasteiger partial charge in [-0.25, -0.2) is 9.59 Å². The van der Waals surface area contributed by atoms with E-state index >= 15 is 0 Å². The molecule has 8 heteroatoms. The van der Waals surface area contributed by atoms with Gasteiger partial charge in [0.1, 0.15) is 0 Å². The van der Waals surface area contributed by atoms with Crippen LogP contribution in [0.2, 0.25) is 0 Å². The predicted octanol–water partition coefficient (Wildman–Crippen LogP) is -0.994. The summed E-state index contributed by atoms with van der Waals surface area (Å²) >= 11 is 0. The van der Waals surface area contributed by atoms with Crippen LogP contribution in [0.15, 0.2) is 0 Å². The molecule has 3 unspecified atom stereocenters. The Morgan fingerprint density at radius 3 is 3.00 bits per heavy atom. The Bertz CT molecular complexity index is 414. The van der Waals surface area contributed by atoms with E-state index in [9.17, 15) is 14.4 Å². The van der Waals surface area contributed by atoms with Gasteiger partial charge in [-0.2, -0.15) is 0 Å². The van der Waals surface area contributed by atoms with Gasteiger partial charge in [-0.1, -0.05) is 0 Å². The number of ether oxygens (including phenoxy) is 1. The van der Waals surface area contributed by atoms with Crippen LogP contribution in [0.1, 0.15) is 12.8 Å². The van der Waals surface area contributed by atoms with E-state index in [1.165, 1.54) is 7.11 Å². The second-order valence-corrected chi connectivity index (χ2v) is 5.00. The maximum absolute atomic E-state index is 12.1. The van der Waals surface area contributed by atoms with E-state index in [1.54, 1.807) is 4.90 Å². The Morgan fingerprint density at radius 2 is 2.35 bits per heavy atom. The number of nitrogens with zero attached hydrogens (tertiary/aromatic N) is 1. The van der Waals surface area contributed by atoms with E-state index in [1.807, 2.05) is 0 Å². The fourth-order valence-corrected chi connectivity index (χ4v) is 2.76. The van der Waals surface area contributed by atoms with E-state index in [4.69, 9.17) is 9.84 Å². The number of carbonyl (C=O) groups excluding carboxylic acids is 2. The van der Waals surface area contributed by atoms with Gasteiger partial charge in [0.25, 0.3) is 0 Å². The molecule has 0 aromatic heterocycles. The van der Waals surface area contributed by atoms with Crippen LogP contribution in [0.3, 0.4) is 0 Å². The molecule has 2 aliphatic rings.